The molecular formula is C17H31N3S. The van der Waals surface area contributed by atoms with E-state index in [1.54, 1.807) is 0 Å². The zero-order chi connectivity index (χ0) is 15.8. The van der Waals surface area contributed by atoms with Gasteiger partial charge in [-0.15, -0.1) is 11.3 Å². The van der Waals surface area contributed by atoms with Crippen LogP contribution in [0, 0.1) is 5.41 Å². The summed E-state index contributed by atoms with van der Waals surface area (Å²) < 4.78 is 0. The van der Waals surface area contributed by atoms with Crippen molar-refractivity contribution in [1.29, 1.82) is 0 Å². The molecule has 0 radical (unpaired) electrons. The predicted octanol–water partition coefficient (Wildman–Crippen LogP) is 3.65. The molecule has 1 aliphatic rings. The van der Waals surface area contributed by atoms with Gasteiger partial charge < -0.3 is 5.32 Å². The Morgan fingerprint density at radius 3 is 2.48 bits per heavy atom. The van der Waals surface area contributed by atoms with Crippen LogP contribution in [0.3, 0.4) is 0 Å². The summed E-state index contributed by atoms with van der Waals surface area (Å²) in [6.45, 7) is 19.1. The van der Waals surface area contributed by atoms with Crippen LogP contribution in [0.1, 0.15) is 59.2 Å². The van der Waals surface area contributed by atoms with E-state index in [4.69, 9.17) is 4.98 Å². The third-order valence-electron chi connectivity index (χ3n) is 4.27. The van der Waals surface area contributed by atoms with Crippen molar-refractivity contribution in [1.82, 2.24) is 15.2 Å². The van der Waals surface area contributed by atoms with Crippen molar-refractivity contribution in [3.05, 3.63) is 16.1 Å². The van der Waals surface area contributed by atoms with Gasteiger partial charge >= 0.3 is 0 Å². The van der Waals surface area contributed by atoms with Crippen LogP contribution in [-0.4, -0.2) is 35.1 Å². The predicted molar refractivity (Wildman–Crippen MR) is 91.9 cm³/mol. The number of nitrogens with one attached hydrogen (secondary N) is 1. The molecule has 4 heteroatoms. The van der Waals surface area contributed by atoms with Gasteiger partial charge in [-0.25, -0.2) is 4.98 Å². The molecule has 1 N–H and O–H groups in total. The number of hydrogen-bond acceptors (Lipinski definition) is 4. The van der Waals surface area contributed by atoms with Crippen LogP contribution >= 0.6 is 11.3 Å². The molecule has 0 aliphatic carbocycles. The second-order valence-electron chi connectivity index (χ2n) is 8.50. The maximum absolute atomic E-state index is 4.87. The maximum atomic E-state index is 4.87. The minimum Gasteiger partial charge on any atom is -0.311 e. The van der Waals surface area contributed by atoms with Gasteiger partial charge in [0.1, 0.15) is 5.01 Å². The van der Waals surface area contributed by atoms with E-state index in [1.807, 2.05) is 11.3 Å². The van der Waals surface area contributed by atoms with E-state index in [-0.39, 0.29) is 10.8 Å². The van der Waals surface area contributed by atoms with E-state index in [0.29, 0.717) is 12.1 Å². The SMILES string of the molecule is CC1CN(Cc2nc(C(C)(C)C)cs2)C(C(C)(C)C)CN1. The topological polar surface area (TPSA) is 28.2 Å². The Morgan fingerprint density at radius 2 is 1.95 bits per heavy atom. The van der Waals surface area contributed by atoms with Crippen molar-refractivity contribution in [2.75, 3.05) is 13.1 Å². The number of hydrogen-bond donors (Lipinski definition) is 1. The largest absolute Gasteiger partial charge is 0.311 e. The third kappa shape index (κ3) is 4.27. The van der Waals surface area contributed by atoms with Crippen molar-refractivity contribution in [3.63, 3.8) is 0 Å². The van der Waals surface area contributed by atoms with Crippen LogP contribution in [0.4, 0.5) is 0 Å². The molecule has 2 atom stereocenters. The van der Waals surface area contributed by atoms with Crippen LogP contribution in [-0.2, 0) is 12.0 Å². The van der Waals surface area contributed by atoms with E-state index in [2.05, 4.69) is 64.1 Å². The Balaban J connectivity index is 2.13. The summed E-state index contributed by atoms with van der Waals surface area (Å²) in [5, 5.41) is 7.11. The maximum Gasteiger partial charge on any atom is 0.107 e. The first-order valence-electron chi connectivity index (χ1n) is 7.99. The van der Waals surface area contributed by atoms with Gasteiger partial charge in [0.15, 0.2) is 0 Å². The molecule has 0 spiro atoms. The van der Waals surface area contributed by atoms with Crippen molar-refractivity contribution < 1.29 is 0 Å². The highest BCUT2D eigenvalue weighted by molar-refractivity contribution is 7.09. The Hall–Kier alpha value is -0.450. The Bertz CT molecular complexity index is 467. The standard InChI is InChI=1S/C17H31N3S/c1-12-9-20(14(8-18-12)17(5,6)7)10-15-19-13(11-21-15)16(2,3)4/h11-12,14,18H,8-10H2,1-7H3. The molecule has 1 saturated heterocycles. The summed E-state index contributed by atoms with van der Waals surface area (Å²) in [6.07, 6.45) is 0. The van der Waals surface area contributed by atoms with Gasteiger partial charge in [-0.1, -0.05) is 41.5 Å². The first-order valence-corrected chi connectivity index (χ1v) is 8.87. The van der Waals surface area contributed by atoms with Crippen LogP contribution in [0.5, 0.6) is 0 Å². The molecular weight excluding hydrogens is 278 g/mol. The quantitative estimate of drug-likeness (QED) is 0.904. The molecule has 0 aromatic carbocycles. The average Bonchev–Trinajstić information content (AvgIpc) is 2.75. The molecule has 21 heavy (non-hydrogen) atoms. The molecule has 1 aliphatic heterocycles. The van der Waals surface area contributed by atoms with Gasteiger partial charge in [-0.3, -0.25) is 4.90 Å². The second kappa shape index (κ2) is 5.98. The molecule has 2 heterocycles. The lowest BCUT2D eigenvalue weighted by atomic mass is 9.84. The van der Waals surface area contributed by atoms with Crippen molar-refractivity contribution in [3.8, 4) is 0 Å². The van der Waals surface area contributed by atoms with E-state index in [0.717, 1.165) is 19.6 Å². The molecule has 3 nitrogen and oxygen atoms in total. The molecule has 1 aromatic rings. The van der Waals surface area contributed by atoms with Gasteiger partial charge in [0.25, 0.3) is 0 Å². The summed E-state index contributed by atoms with van der Waals surface area (Å²) in [4.78, 5) is 7.49. The molecule has 2 rings (SSSR count). The van der Waals surface area contributed by atoms with Gasteiger partial charge in [0.05, 0.1) is 12.2 Å². The van der Waals surface area contributed by atoms with E-state index >= 15 is 0 Å². The Kier molecular flexibility index (Phi) is 4.81. The first kappa shape index (κ1) is 16.9. The number of aromatic nitrogens is 1. The summed E-state index contributed by atoms with van der Waals surface area (Å²) in [5.41, 5.74) is 1.66. The fraction of sp³-hybridized carbons (Fsp3) is 0.824. The summed E-state index contributed by atoms with van der Waals surface area (Å²) in [7, 11) is 0. The number of piperazine rings is 1. The fourth-order valence-corrected chi connectivity index (χ4v) is 3.96. The van der Waals surface area contributed by atoms with E-state index in [9.17, 15) is 0 Å². The average molecular weight is 310 g/mol. The van der Waals surface area contributed by atoms with Gasteiger partial charge in [0.2, 0.25) is 0 Å². The van der Waals surface area contributed by atoms with Gasteiger partial charge in [-0.2, -0.15) is 0 Å². The molecule has 2 unspecified atom stereocenters. The summed E-state index contributed by atoms with van der Waals surface area (Å²) in [5.74, 6) is 0. The summed E-state index contributed by atoms with van der Waals surface area (Å²) >= 11 is 1.81. The monoisotopic (exact) mass is 309 g/mol. The first-order chi connectivity index (χ1) is 9.57. The normalized spacial score (nSPS) is 25.3. The van der Waals surface area contributed by atoms with E-state index in [1.165, 1.54) is 10.7 Å². The lowest BCUT2D eigenvalue weighted by molar-refractivity contribution is 0.0525. The molecule has 1 aromatic heterocycles. The van der Waals surface area contributed by atoms with Crippen molar-refractivity contribution in [2.45, 2.75) is 72.5 Å². The van der Waals surface area contributed by atoms with E-state index < -0.39 is 0 Å². The highest BCUT2D eigenvalue weighted by Crippen LogP contribution is 2.29. The Morgan fingerprint density at radius 1 is 1.29 bits per heavy atom. The Labute approximate surface area is 134 Å². The molecule has 120 valence electrons. The molecule has 1 fully saturated rings. The highest BCUT2D eigenvalue weighted by Gasteiger charge is 2.34. The van der Waals surface area contributed by atoms with Crippen LogP contribution in [0.25, 0.3) is 0 Å². The molecule has 0 bridgehead atoms. The second-order valence-corrected chi connectivity index (χ2v) is 9.44. The zero-order valence-electron chi connectivity index (χ0n) is 14.7. The number of nitrogens with zero attached hydrogens (tertiary/aromatic N) is 2. The number of rotatable bonds is 2. The fourth-order valence-electron chi connectivity index (χ4n) is 2.92. The van der Waals surface area contributed by atoms with Crippen LogP contribution in [0.15, 0.2) is 5.38 Å². The molecule has 0 saturated carbocycles. The highest BCUT2D eigenvalue weighted by atomic mass is 32.1. The van der Waals surface area contributed by atoms with Crippen molar-refractivity contribution in [2.24, 2.45) is 5.41 Å². The smallest absolute Gasteiger partial charge is 0.107 e. The lowest BCUT2D eigenvalue weighted by Crippen LogP contribution is -2.59. The van der Waals surface area contributed by atoms with Gasteiger partial charge in [-0.05, 0) is 12.3 Å². The molecule has 0 amide bonds. The lowest BCUT2D eigenvalue weighted by Gasteiger charge is -2.45. The van der Waals surface area contributed by atoms with Gasteiger partial charge in [0, 0.05) is 36.0 Å². The van der Waals surface area contributed by atoms with Crippen LogP contribution in [0.2, 0.25) is 0 Å². The van der Waals surface area contributed by atoms with Crippen LogP contribution < -0.4 is 5.32 Å². The third-order valence-corrected chi connectivity index (χ3v) is 5.10. The number of thiazole rings is 1. The van der Waals surface area contributed by atoms with Crippen molar-refractivity contribution >= 4 is 11.3 Å². The zero-order valence-corrected chi connectivity index (χ0v) is 15.5. The minimum absolute atomic E-state index is 0.148. The minimum atomic E-state index is 0.148. The summed E-state index contributed by atoms with van der Waals surface area (Å²) in [6, 6.07) is 1.13.